The van der Waals surface area contributed by atoms with Gasteiger partial charge in [-0.25, -0.2) is 0 Å². The third-order valence-corrected chi connectivity index (χ3v) is 4.37. The standard InChI is InChI=1S/C17H25NO3/c1-4-12-5-7-14(8-6-12)18-17(19)13-9-15(20-2)11-16(10-13)21-3/h9-12,14H,4-8H2,1-3H3,(H,18,19). The fourth-order valence-electron chi connectivity index (χ4n) is 2.92. The molecule has 4 nitrogen and oxygen atoms in total. The first-order chi connectivity index (χ1) is 10.2. The maximum atomic E-state index is 12.4. The van der Waals surface area contributed by atoms with E-state index in [1.165, 1.54) is 19.3 Å². The van der Waals surface area contributed by atoms with E-state index in [0.29, 0.717) is 17.1 Å². The van der Waals surface area contributed by atoms with Gasteiger partial charge >= 0.3 is 0 Å². The summed E-state index contributed by atoms with van der Waals surface area (Å²) < 4.78 is 10.4. The predicted molar refractivity (Wildman–Crippen MR) is 83.0 cm³/mol. The molecule has 1 saturated carbocycles. The Balaban J connectivity index is 2.00. The number of hydrogen-bond donors (Lipinski definition) is 1. The van der Waals surface area contributed by atoms with Crippen molar-refractivity contribution in [3.8, 4) is 11.5 Å². The van der Waals surface area contributed by atoms with Gasteiger partial charge in [-0.15, -0.1) is 0 Å². The van der Waals surface area contributed by atoms with E-state index in [4.69, 9.17) is 9.47 Å². The lowest BCUT2D eigenvalue weighted by molar-refractivity contribution is 0.0921. The highest BCUT2D eigenvalue weighted by Gasteiger charge is 2.22. The van der Waals surface area contributed by atoms with Crippen molar-refractivity contribution >= 4 is 5.91 Å². The Kier molecular flexibility index (Phi) is 5.48. The highest BCUT2D eigenvalue weighted by atomic mass is 16.5. The molecule has 1 amide bonds. The number of benzene rings is 1. The molecule has 0 bridgehead atoms. The van der Waals surface area contributed by atoms with E-state index < -0.39 is 0 Å². The molecule has 0 spiro atoms. The van der Waals surface area contributed by atoms with E-state index in [9.17, 15) is 4.79 Å². The van der Waals surface area contributed by atoms with Crippen LogP contribution in [0.2, 0.25) is 0 Å². The highest BCUT2D eigenvalue weighted by molar-refractivity contribution is 5.95. The molecular formula is C17H25NO3. The molecule has 4 heteroatoms. The number of hydrogen-bond acceptors (Lipinski definition) is 3. The van der Waals surface area contributed by atoms with Crippen molar-refractivity contribution < 1.29 is 14.3 Å². The van der Waals surface area contributed by atoms with Gasteiger partial charge in [-0.2, -0.15) is 0 Å². The van der Waals surface area contributed by atoms with E-state index >= 15 is 0 Å². The Morgan fingerprint density at radius 3 is 2.14 bits per heavy atom. The minimum atomic E-state index is -0.0489. The van der Waals surface area contributed by atoms with Crippen molar-refractivity contribution in [2.24, 2.45) is 5.92 Å². The Morgan fingerprint density at radius 1 is 1.10 bits per heavy atom. The van der Waals surface area contributed by atoms with Gasteiger partial charge in [-0.1, -0.05) is 13.3 Å². The van der Waals surface area contributed by atoms with Gasteiger partial charge in [0.25, 0.3) is 5.91 Å². The molecule has 1 N–H and O–H groups in total. The Morgan fingerprint density at radius 2 is 1.67 bits per heavy atom. The van der Waals surface area contributed by atoms with Crippen LogP contribution in [0.15, 0.2) is 18.2 Å². The first kappa shape index (κ1) is 15.7. The molecule has 0 aliphatic heterocycles. The van der Waals surface area contributed by atoms with Crippen LogP contribution < -0.4 is 14.8 Å². The molecule has 1 fully saturated rings. The highest BCUT2D eigenvalue weighted by Crippen LogP contribution is 2.27. The van der Waals surface area contributed by atoms with E-state index in [2.05, 4.69) is 12.2 Å². The third-order valence-electron chi connectivity index (χ3n) is 4.37. The van der Waals surface area contributed by atoms with Crippen LogP contribution in [0.3, 0.4) is 0 Å². The smallest absolute Gasteiger partial charge is 0.251 e. The number of rotatable bonds is 5. The predicted octanol–water partition coefficient (Wildman–Crippen LogP) is 3.40. The summed E-state index contributed by atoms with van der Waals surface area (Å²) in [5.41, 5.74) is 0.587. The van der Waals surface area contributed by atoms with Gasteiger partial charge in [0.2, 0.25) is 0 Å². The van der Waals surface area contributed by atoms with Crippen molar-refractivity contribution in [2.75, 3.05) is 14.2 Å². The fourth-order valence-corrected chi connectivity index (χ4v) is 2.92. The molecule has 2 rings (SSSR count). The maximum absolute atomic E-state index is 12.4. The van der Waals surface area contributed by atoms with Crippen LogP contribution in [0.1, 0.15) is 49.4 Å². The Labute approximate surface area is 126 Å². The van der Waals surface area contributed by atoms with Crippen LogP contribution in [-0.2, 0) is 0 Å². The zero-order valence-corrected chi connectivity index (χ0v) is 13.1. The van der Waals surface area contributed by atoms with Crippen LogP contribution >= 0.6 is 0 Å². The van der Waals surface area contributed by atoms with Crippen LogP contribution in [0.25, 0.3) is 0 Å². The van der Waals surface area contributed by atoms with Gasteiger partial charge in [-0.3, -0.25) is 4.79 Å². The quantitative estimate of drug-likeness (QED) is 0.904. The van der Waals surface area contributed by atoms with Crippen molar-refractivity contribution in [3.63, 3.8) is 0 Å². The largest absolute Gasteiger partial charge is 0.497 e. The van der Waals surface area contributed by atoms with Gasteiger partial charge in [-0.05, 0) is 43.7 Å². The van der Waals surface area contributed by atoms with Crippen molar-refractivity contribution in [2.45, 2.75) is 45.1 Å². The second-order valence-corrected chi connectivity index (χ2v) is 5.70. The molecule has 0 atom stereocenters. The molecule has 0 heterocycles. The zero-order valence-electron chi connectivity index (χ0n) is 13.1. The van der Waals surface area contributed by atoms with Crippen LogP contribution in [0.5, 0.6) is 11.5 Å². The molecule has 1 aromatic rings. The fraction of sp³-hybridized carbons (Fsp3) is 0.588. The molecule has 21 heavy (non-hydrogen) atoms. The van der Waals surface area contributed by atoms with Gasteiger partial charge in [0.1, 0.15) is 11.5 Å². The molecule has 0 unspecified atom stereocenters. The van der Waals surface area contributed by atoms with Crippen LogP contribution in [0, 0.1) is 5.92 Å². The molecule has 0 radical (unpaired) electrons. The molecule has 1 aromatic carbocycles. The monoisotopic (exact) mass is 291 g/mol. The molecule has 0 saturated heterocycles. The topological polar surface area (TPSA) is 47.6 Å². The third kappa shape index (κ3) is 4.13. The average Bonchev–Trinajstić information content (AvgIpc) is 2.54. The Bertz CT molecular complexity index is 457. The van der Waals surface area contributed by atoms with Crippen molar-refractivity contribution in [3.05, 3.63) is 23.8 Å². The maximum Gasteiger partial charge on any atom is 0.251 e. The molecule has 116 valence electrons. The number of amides is 1. The van der Waals surface area contributed by atoms with Gasteiger partial charge in [0.15, 0.2) is 0 Å². The first-order valence-corrected chi connectivity index (χ1v) is 7.70. The molecule has 0 aromatic heterocycles. The van der Waals surface area contributed by atoms with Gasteiger partial charge in [0, 0.05) is 17.7 Å². The SMILES string of the molecule is CCC1CCC(NC(=O)c2cc(OC)cc(OC)c2)CC1. The second kappa shape index (κ2) is 7.34. The summed E-state index contributed by atoms with van der Waals surface area (Å²) in [5.74, 6) is 2.05. The lowest BCUT2D eigenvalue weighted by Crippen LogP contribution is -2.37. The minimum Gasteiger partial charge on any atom is -0.497 e. The first-order valence-electron chi connectivity index (χ1n) is 7.70. The normalized spacial score (nSPS) is 21.7. The summed E-state index contributed by atoms with van der Waals surface area (Å²) in [5, 5.41) is 3.13. The average molecular weight is 291 g/mol. The lowest BCUT2D eigenvalue weighted by Gasteiger charge is -2.28. The molecule has 1 aliphatic carbocycles. The van der Waals surface area contributed by atoms with Gasteiger partial charge in [0.05, 0.1) is 14.2 Å². The Hall–Kier alpha value is -1.71. The summed E-state index contributed by atoms with van der Waals surface area (Å²) in [6.45, 7) is 2.24. The lowest BCUT2D eigenvalue weighted by atomic mass is 9.84. The van der Waals surface area contributed by atoms with Crippen molar-refractivity contribution in [1.82, 2.24) is 5.32 Å². The molecule has 1 aliphatic rings. The zero-order chi connectivity index (χ0) is 15.2. The van der Waals surface area contributed by atoms with E-state index in [1.54, 1.807) is 32.4 Å². The van der Waals surface area contributed by atoms with Crippen LogP contribution in [-0.4, -0.2) is 26.2 Å². The summed E-state index contributed by atoms with van der Waals surface area (Å²) in [6, 6.07) is 5.55. The summed E-state index contributed by atoms with van der Waals surface area (Å²) in [6.07, 6.45) is 5.82. The summed E-state index contributed by atoms with van der Waals surface area (Å²) >= 11 is 0. The number of methoxy groups -OCH3 is 2. The second-order valence-electron chi connectivity index (χ2n) is 5.70. The number of ether oxygens (including phenoxy) is 2. The van der Waals surface area contributed by atoms with E-state index in [1.807, 2.05) is 0 Å². The van der Waals surface area contributed by atoms with E-state index in [0.717, 1.165) is 18.8 Å². The van der Waals surface area contributed by atoms with Gasteiger partial charge < -0.3 is 14.8 Å². The van der Waals surface area contributed by atoms with E-state index in [-0.39, 0.29) is 11.9 Å². The number of carbonyl (C=O) groups is 1. The van der Waals surface area contributed by atoms with Crippen molar-refractivity contribution in [1.29, 1.82) is 0 Å². The van der Waals surface area contributed by atoms with Crippen LogP contribution in [0.4, 0.5) is 0 Å². The summed E-state index contributed by atoms with van der Waals surface area (Å²) in [7, 11) is 3.17. The summed E-state index contributed by atoms with van der Waals surface area (Å²) in [4.78, 5) is 12.4. The molecular weight excluding hydrogens is 266 g/mol. The number of carbonyl (C=O) groups excluding carboxylic acids is 1. The number of nitrogens with one attached hydrogen (secondary N) is 1. The minimum absolute atomic E-state index is 0.0489.